The maximum absolute atomic E-state index is 2.61. The monoisotopic (exact) mass is 1140 g/mol. The van der Waals surface area contributed by atoms with Gasteiger partial charge in [-0.05, 0) is 90.0 Å². The van der Waals surface area contributed by atoms with Crippen LogP contribution in [0.25, 0.3) is 218 Å². The number of fused-ring (bicyclic) bond motifs is 34. The zero-order valence-corrected chi connectivity index (χ0v) is 48.1. The van der Waals surface area contributed by atoms with Gasteiger partial charge in [-0.1, -0.05) is 188 Å². The molecular weight excluding hydrogens is 1090 g/mol. The molecule has 0 aliphatic heterocycles. The molecule has 10 aromatic heterocycles. The van der Waals surface area contributed by atoms with Crippen LogP contribution in [0.4, 0.5) is 0 Å². The van der Waals surface area contributed by atoms with E-state index < -0.39 is 0 Å². The molecule has 24 rings (SSSR count). The molecule has 14 aromatic carbocycles. The minimum atomic E-state index is 1.13. The van der Waals surface area contributed by atoms with Crippen LogP contribution in [-0.2, 0) is 0 Å². The van der Waals surface area contributed by atoms with Gasteiger partial charge >= 0.3 is 0 Å². The number of para-hydroxylation sites is 8. The van der Waals surface area contributed by atoms with Gasteiger partial charge in [-0.3, -0.25) is 0 Å². The van der Waals surface area contributed by atoms with Gasteiger partial charge in [0.15, 0.2) is 0 Å². The third-order valence-electron chi connectivity index (χ3n) is 21.4. The zero-order valence-electron chi connectivity index (χ0n) is 48.1. The van der Waals surface area contributed by atoms with Crippen LogP contribution in [0.5, 0.6) is 0 Å². The third kappa shape index (κ3) is 4.96. The molecule has 0 bridgehead atoms. The molecular formula is C84H44N6. The Morgan fingerprint density at radius 2 is 0.589 bits per heavy atom. The summed E-state index contributed by atoms with van der Waals surface area (Å²) in [4.78, 5) is 0. The summed E-state index contributed by atoms with van der Waals surface area (Å²) in [7, 11) is 0. The maximum atomic E-state index is 2.61. The van der Waals surface area contributed by atoms with Gasteiger partial charge in [0.05, 0.1) is 88.3 Å². The molecule has 0 saturated carbocycles. The molecule has 0 aliphatic rings. The van der Waals surface area contributed by atoms with Gasteiger partial charge in [0.1, 0.15) is 0 Å². The van der Waals surface area contributed by atoms with Crippen molar-refractivity contribution in [3.05, 3.63) is 267 Å². The summed E-state index contributed by atoms with van der Waals surface area (Å²) in [5.74, 6) is 0. The van der Waals surface area contributed by atoms with E-state index in [1.54, 1.807) is 0 Å². The highest BCUT2D eigenvalue weighted by Gasteiger charge is 2.31. The van der Waals surface area contributed by atoms with Crippen LogP contribution in [-0.4, -0.2) is 26.7 Å². The molecule has 0 radical (unpaired) electrons. The SMILES string of the molecule is c1ccc(-n2c3ccccc3c3ccc4c5cc6c(c7cccc8c9c(-c%10cccc(-n%11c%12ccccc%12c%12c%11ccc%11c%13cc%14c(c%15cccc%16c%17ccccc%17n%14c%16%15)c%14c%15ccccc%15n(c%13%14)c%11%12)c%10)cccc9n6c87)c6c7ccccc7n(c56)c4c32)cc1. The Labute approximate surface area is 509 Å². The lowest BCUT2D eigenvalue weighted by molar-refractivity contribution is 1.18. The Hall–Kier alpha value is -12.1. The lowest BCUT2D eigenvalue weighted by Crippen LogP contribution is -1.95. The van der Waals surface area contributed by atoms with Crippen LogP contribution in [0.1, 0.15) is 0 Å². The second-order valence-corrected chi connectivity index (χ2v) is 25.4. The van der Waals surface area contributed by atoms with E-state index in [0.29, 0.717) is 0 Å². The van der Waals surface area contributed by atoms with Crippen LogP contribution in [0.3, 0.4) is 0 Å². The van der Waals surface area contributed by atoms with Crippen LogP contribution < -0.4 is 0 Å². The van der Waals surface area contributed by atoms with Gasteiger partial charge in [0, 0.05) is 119 Å². The minimum absolute atomic E-state index is 1.13. The second kappa shape index (κ2) is 15.3. The van der Waals surface area contributed by atoms with E-state index in [4.69, 9.17) is 0 Å². The van der Waals surface area contributed by atoms with Crippen molar-refractivity contribution in [3.63, 3.8) is 0 Å². The third-order valence-corrected chi connectivity index (χ3v) is 21.4. The number of hydrogen-bond acceptors (Lipinski definition) is 0. The molecule has 0 N–H and O–H groups in total. The number of rotatable bonds is 3. The first-order valence-electron chi connectivity index (χ1n) is 31.4. The van der Waals surface area contributed by atoms with Gasteiger partial charge in [-0.15, -0.1) is 0 Å². The van der Waals surface area contributed by atoms with Crippen molar-refractivity contribution in [2.24, 2.45) is 0 Å². The van der Waals surface area contributed by atoms with Crippen LogP contribution >= 0.6 is 0 Å². The normalized spacial score (nSPS) is 13.1. The van der Waals surface area contributed by atoms with E-state index in [1.807, 2.05) is 0 Å². The van der Waals surface area contributed by atoms with Crippen molar-refractivity contribution in [3.8, 4) is 22.5 Å². The van der Waals surface area contributed by atoms with Crippen molar-refractivity contribution >= 4 is 196 Å². The summed E-state index contributed by atoms with van der Waals surface area (Å²) in [5, 5.41) is 25.7. The summed E-state index contributed by atoms with van der Waals surface area (Å²) in [6.45, 7) is 0. The summed E-state index contributed by atoms with van der Waals surface area (Å²) in [6.07, 6.45) is 0. The van der Waals surface area contributed by atoms with Crippen LogP contribution in [0.15, 0.2) is 267 Å². The molecule has 6 nitrogen and oxygen atoms in total. The molecule has 0 fully saturated rings. The second-order valence-electron chi connectivity index (χ2n) is 25.4. The van der Waals surface area contributed by atoms with Crippen LogP contribution in [0, 0.1) is 0 Å². The predicted octanol–water partition coefficient (Wildman–Crippen LogP) is 22.1. The van der Waals surface area contributed by atoms with Crippen molar-refractivity contribution < 1.29 is 0 Å². The highest BCUT2D eigenvalue weighted by atomic mass is 15.0. The van der Waals surface area contributed by atoms with E-state index in [2.05, 4.69) is 294 Å². The fourth-order valence-electron chi connectivity index (χ4n) is 18.3. The first-order valence-corrected chi connectivity index (χ1v) is 31.4. The topological polar surface area (TPSA) is 27.5 Å². The average Bonchev–Trinajstić information content (AvgIpc) is 1.51. The Bertz CT molecular complexity index is 7380. The highest BCUT2D eigenvalue weighted by molar-refractivity contribution is 6.42. The van der Waals surface area contributed by atoms with E-state index in [1.165, 1.54) is 207 Å². The maximum Gasteiger partial charge on any atom is 0.0789 e. The van der Waals surface area contributed by atoms with E-state index >= 15 is 0 Å². The van der Waals surface area contributed by atoms with E-state index in [-0.39, 0.29) is 0 Å². The molecule has 0 spiro atoms. The van der Waals surface area contributed by atoms with Crippen molar-refractivity contribution in [2.75, 3.05) is 0 Å². The van der Waals surface area contributed by atoms with Gasteiger partial charge in [0.25, 0.3) is 0 Å². The minimum Gasteiger partial charge on any atom is -0.309 e. The molecule has 0 saturated heterocycles. The Morgan fingerprint density at radius 1 is 0.167 bits per heavy atom. The average molecular weight is 1140 g/mol. The lowest BCUT2D eigenvalue weighted by Gasteiger charge is -2.12. The molecule has 0 atom stereocenters. The molecule has 0 unspecified atom stereocenters. The van der Waals surface area contributed by atoms with E-state index in [9.17, 15) is 0 Å². The molecule has 0 amide bonds. The fourth-order valence-corrected chi connectivity index (χ4v) is 18.3. The van der Waals surface area contributed by atoms with Gasteiger partial charge in [-0.2, -0.15) is 0 Å². The van der Waals surface area contributed by atoms with E-state index in [0.717, 1.165) is 11.4 Å². The van der Waals surface area contributed by atoms with Crippen LogP contribution in [0.2, 0.25) is 0 Å². The standard InChI is InChI=1S/C84H44N6/c1-2-19-46(20-3-1)86-63-32-9-4-23-50(63)52-38-39-54-62-44-71-74(77-57-26-8-13-36-67(57)90(82(62)77)84(54)83(52)86)60-31-16-29-58-72-48(27-17-37-68(72)88(71)79(58)60)45-18-14-21-47(42-45)85-65-34-11-6-24-55(65)75-69(85)41-40-53-61-43-70-73(76-56-25-7-12-35-66(56)89(80(53)75)81(61)76)59-30-15-28-51-49-22-5-10-33-64(49)87(70)78(51)59/h1-44H. The highest BCUT2D eigenvalue weighted by Crippen LogP contribution is 2.54. The number of hydrogen-bond donors (Lipinski definition) is 0. The Morgan fingerprint density at radius 3 is 1.27 bits per heavy atom. The van der Waals surface area contributed by atoms with Gasteiger partial charge in [0.2, 0.25) is 0 Å². The molecule has 0 aliphatic carbocycles. The molecule has 24 aromatic rings. The predicted molar refractivity (Wildman–Crippen MR) is 379 cm³/mol. The lowest BCUT2D eigenvalue weighted by atomic mass is 9.97. The quantitative estimate of drug-likeness (QED) is 0.169. The summed E-state index contributed by atoms with van der Waals surface area (Å²) in [6, 6.07) is 101. The largest absolute Gasteiger partial charge is 0.309 e. The smallest absolute Gasteiger partial charge is 0.0789 e. The number of nitrogens with zero attached hydrogens (tertiary/aromatic N) is 6. The van der Waals surface area contributed by atoms with Crippen molar-refractivity contribution in [1.29, 1.82) is 0 Å². The van der Waals surface area contributed by atoms with Gasteiger partial charge in [-0.25, -0.2) is 0 Å². The number of benzene rings is 14. The molecule has 410 valence electrons. The Balaban J connectivity index is 0.755. The molecule has 6 heteroatoms. The molecule has 10 heterocycles. The summed E-state index contributed by atoms with van der Waals surface area (Å²) >= 11 is 0. The van der Waals surface area contributed by atoms with Crippen molar-refractivity contribution in [2.45, 2.75) is 0 Å². The first-order chi connectivity index (χ1) is 44.7. The number of aromatic nitrogens is 6. The molecule has 90 heavy (non-hydrogen) atoms. The van der Waals surface area contributed by atoms with Crippen molar-refractivity contribution in [1.82, 2.24) is 26.7 Å². The summed E-state index contributed by atoms with van der Waals surface area (Å²) < 4.78 is 15.4. The fraction of sp³-hybridized carbons (Fsp3) is 0. The first kappa shape index (κ1) is 45.2. The zero-order chi connectivity index (χ0) is 57.7. The summed E-state index contributed by atoms with van der Waals surface area (Å²) in [5.41, 5.74) is 24.6. The van der Waals surface area contributed by atoms with Gasteiger partial charge < -0.3 is 26.7 Å². The Kier molecular flexibility index (Phi) is 7.71.